The average molecular weight is 420 g/mol. The Bertz CT molecular complexity index is 714. The van der Waals surface area contributed by atoms with Gasteiger partial charge in [0.25, 0.3) is 11.8 Å². The van der Waals surface area contributed by atoms with Crippen molar-refractivity contribution in [3.63, 3.8) is 0 Å². The minimum Gasteiger partial charge on any atom is -0.344 e. The van der Waals surface area contributed by atoms with Gasteiger partial charge in [-0.05, 0) is 56.1 Å². The van der Waals surface area contributed by atoms with Crippen molar-refractivity contribution in [1.82, 2.24) is 16.2 Å². The molecule has 3 N–H and O–H groups in total. The first-order chi connectivity index (χ1) is 14.0. The average Bonchev–Trinajstić information content (AvgIpc) is 3.00. The highest BCUT2D eigenvalue weighted by atomic mass is 32.1. The molecule has 6 nitrogen and oxygen atoms in total. The normalized spacial score (nSPS) is 18.4. The van der Waals surface area contributed by atoms with Crippen molar-refractivity contribution in [2.75, 3.05) is 0 Å². The van der Waals surface area contributed by atoms with E-state index in [1.165, 1.54) is 41.0 Å². The molecule has 0 bridgehead atoms. The van der Waals surface area contributed by atoms with E-state index in [1.807, 2.05) is 19.9 Å². The highest BCUT2D eigenvalue weighted by molar-refractivity contribution is 7.14. The van der Waals surface area contributed by atoms with E-state index in [0.717, 1.165) is 44.9 Å². The van der Waals surface area contributed by atoms with E-state index in [1.54, 1.807) is 0 Å². The van der Waals surface area contributed by atoms with Crippen LogP contribution in [0.5, 0.6) is 0 Å². The van der Waals surface area contributed by atoms with Gasteiger partial charge in [0.15, 0.2) is 0 Å². The largest absolute Gasteiger partial charge is 0.344 e. The summed E-state index contributed by atoms with van der Waals surface area (Å²) < 4.78 is 0. The van der Waals surface area contributed by atoms with Crippen molar-refractivity contribution >= 4 is 29.1 Å². The van der Waals surface area contributed by atoms with Crippen molar-refractivity contribution in [2.45, 2.75) is 84.1 Å². The molecule has 1 heterocycles. The molecule has 2 aliphatic rings. The Morgan fingerprint density at radius 3 is 2.38 bits per heavy atom. The lowest BCUT2D eigenvalue weighted by Crippen LogP contribution is -2.55. The number of carbonyl (C=O) groups excluding carboxylic acids is 3. The number of hydrazine groups is 1. The molecule has 1 atom stereocenters. The Hall–Kier alpha value is -1.89. The summed E-state index contributed by atoms with van der Waals surface area (Å²) in [5, 5.41) is 2.90. The van der Waals surface area contributed by atoms with E-state index in [0.29, 0.717) is 4.88 Å². The fourth-order valence-corrected chi connectivity index (χ4v) is 5.36. The summed E-state index contributed by atoms with van der Waals surface area (Å²) in [5.41, 5.74) is 6.32. The maximum Gasteiger partial charge on any atom is 0.279 e. The molecule has 1 fully saturated rings. The van der Waals surface area contributed by atoms with Crippen LogP contribution in [0.25, 0.3) is 0 Å². The number of amides is 3. The molecular formula is C22H33N3O3S. The highest BCUT2D eigenvalue weighted by Crippen LogP contribution is 2.29. The molecule has 1 aromatic heterocycles. The van der Waals surface area contributed by atoms with Crippen molar-refractivity contribution in [1.29, 1.82) is 0 Å². The summed E-state index contributed by atoms with van der Waals surface area (Å²) in [6.45, 7) is 3.78. The third-order valence-corrected chi connectivity index (χ3v) is 7.23. The monoisotopic (exact) mass is 419 g/mol. The Labute approximate surface area is 177 Å². The number of fused-ring (bicyclic) bond motifs is 1. The van der Waals surface area contributed by atoms with Gasteiger partial charge in [-0.1, -0.05) is 39.5 Å². The van der Waals surface area contributed by atoms with E-state index >= 15 is 0 Å². The number of aryl methyl sites for hydroxylation is 2. The molecule has 1 aromatic rings. The first-order valence-corrected chi connectivity index (χ1v) is 11.8. The van der Waals surface area contributed by atoms with Crippen LogP contribution in [0.3, 0.4) is 0 Å². The van der Waals surface area contributed by atoms with Crippen molar-refractivity contribution in [2.24, 2.45) is 11.8 Å². The Morgan fingerprint density at radius 2 is 1.66 bits per heavy atom. The van der Waals surface area contributed by atoms with Gasteiger partial charge in [0.05, 0.1) is 4.88 Å². The van der Waals surface area contributed by atoms with Crippen molar-refractivity contribution in [3.05, 3.63) is 21.4 Å². The molecule has 160 valence electrons. The molecular weight excluding hydrogens is 386 g/mol. The van der Waals surface area contributed by atoms with Crippen LogP contribution in [0.4, 0.5) is 0 Å². The van der Waals surface area contributed by atoms with Crippen LogP contribution < -0.4 is 16.2 Å². The summed E-state index contributed by atoms with van der Waals surface area (Å²) in [5.74, 6) is -0.800. The van der Waals surface area contributed by atoms with Gasteiger partial charge in [0, 0.05) is 10.8 Å². The summed E-state index contributed by atoms with van der Waals surface area (Å²) in [7, 11) is 0. The molecule has 0 radical (unpaired) electrons. The molecule has 0 spiro atoms. The van der Waals surface area contributed by atoms with Gasteiger partial charge in [0.1, 0.15) is 6.04 Å². The first-order valence-electron chi connectivity index (χ1n) is 11.0. The van der Waals surface area contributed by atoms with E-state index in [-0.39, 0.29) is 29.6 Å². The molecule has 3 rings (SSSR count). The van der Waals surface area contributed by atoms with Gasteiger partial charge in [-0.2, -0.15) is 0 Å². The van der Waals surface area contributed by atoms with Gasteiger partial charge in [-0.3, -0.25) is 25.2 Å². The van der Waals surface area contributed by atoms with Gasteiger partial charge in [0.2, 0.25) is 5.91 Å². The summed E-state index contributed by atoms with van der Waals surface area (Å²) in [6.07, 6.45) is 10.7. The van der Waals surface area contributed by atoms with E-state index in [2.05, 4.69) is 16.2 Å². The summed E-state index contributed by atoms with van der Waals surface area (Å²) in [6, 6.07) is 1.29. The Morgan fingerprint density at radius 1 is 0.966 bits per heavy atom. The van der Waals surface area contributed by atoms with Crippen LogP contribution in [-0.4, -0.2) is 23.8 Å². The minimum atomic E-state index is -0.662. The maximum atomic E-state index is 12.6. The minimum absolute atomic E-state index is 0.00564. The van der Waals surface area contributed by atoms with Crippen LogP contribution in [0.2, 0.25) is 0 Å². The quantitative estimate of drug-likeness (QED) is 0.504. The predicted molar refractivity (Wildman–Crippen MR) is 115 cm³/mol. The maximum absolute atomic E-state index is 12.6. The third kappa shape index (κ3) is 5.81. The van der Waals surface area contributed by atoms with Crippen molar-refractivity contribution < 1.29 is 14.4 Å². The number of rotatable bonds is 5. The fourth-order valence-electron chi connectivity index (χ4n) is 4.21. The molecule has 3 amide bonds. The predicted octanol–water partition coefficient (Wildman–Crippen LogP) is 3.50. The van der Waals surface area contributed by atoms with E-state index < -0.39 is 6.04 Å². The van der Waals surface area contributed by atoms with Crippen molar-refractivity contribution in [3.8, 4) is 0 Å². The summed E-state index contributed by atoms with van der Waals surface area (Å²) >= 11 is 1.52. The molecule has 1 saturated carbocycles. The van der Waals surface area contributed by atoms with Crippen LogP contribution in [0.15, 0.2) is 6.07 Å². The molecule has 0 aliphatic heterocycles. The zero-order valence-corrected chi connectivity index (χ0v) is 18.3. The van der Waals surface area contributed by atoms with Crippen LogP contribution in [-0.2, 0) is 22.4 Å². The molecule has 29 heavy (non-hydrogen) atoms. The van der Waals surface area contributed by atoms with Crippen LogP contribution in [0, 0.1) is 11.8 Å². The van der Waals surface area contributed by atoms with Gasteiger partial charge in [-0.25, -0.2) is 0 Å². The number of nitrogens with one attached hydrogen (secondary N) is 3. The topological polar surface area (TPSA) is 87.3 Å². The molecule has 7 heteroatoms. The van der Waals surface area contributed by atoms with Gasteiger partial charge < -0.3 is 5.32 Å². The first kappa shape index (κ1) is 21.8. The second-order valence-electron chi connectivity index (χ2n) is 8.63. The molecule has 2 aliphatic carbocycles. The van der Waals surface area contributed by atoms with Crippen LogP contribution >= 0.6 is 11.3 Å². The Kier molecular flexibility index (Phi) is 7.70. The molecule has 0 saturated heterocycles. The smallest absolute Gasteiger partial charge is 0.279 e. The van der Waals surface area contributed by atoms with Gasteiger partial charge in [-0.15, -0.1) is 11.3 Å². The fraction of sp³-hybridized carbons (Fsp3) is 0.682. The lowest BCUT2D eigenvalue weighted by Gasteiger charge is -2.26. The second kappa shape index (κ2) is 10.2. The standard InChI is InChI=1S/C22H33N3O3S/c1-14(2)19(23-20(26)15-9-5-3-6-10-15)22(28)25-24-21(27)18-13-16-11-7-4-8-12-17(16)29-18/h13-15,19H,3-12H2,1-2H3,(H,23,26)(H,24,27)(H,25,28). The summed E-state index contributed by atoms with van der Waals surface area (Å²) in [4.78, 5) is 39.6. The van der Waals surface area contributed by atoms with E-state index in [9.17, 15) is 14.4 Å². The second-order valence-corrected chi connectivity index (χ2v) is 9.77. The Balaban J connectivity index is 1.54. The number of carbonyl (C=O) groups is 3. The number of thiophene rings is 1. The number of hydrogen-bond donors (Lipinski definition) is 3. The lowest BCUT2D eigenvalue weighted by molar-refractivity contribution is -0.133. The zero-order valence-electron chi connectivity index (χ0n) is 17.5. The van der Waals surface area contributed by atoms with Gasteiger partial charge >= 0.3 is 0 Å². The highest BCUT2D eigenvalue weighted by Gasteiger charge is 2.29. The third-order valence-electron chi connectivity index (χ3n) is 5.99. The SMILES string of the molecule is CC(C)C(NC(=O)C1CCCCC1)C(=O)NNC(=O)c1cc2c(s1)CCCCC2. The molecule has 1 unspecified atom stereocenters. The molecule has 0 aromatic carbocycles. The number of hydrogen-bond acceptors (Lipinski definition) is 4. The lowest BCUT2D eigenvalue weighted by atomic mass is 9.88. The van der Waals surface area contributed by atoms with Crippen LogP contribution in [0.1, 0.15) is 85.3 Å². The van der Waals surface area contributed by atoms with E-state index in [4.69, 9.17) is 0 Å². The zero-order chi connectivity index (χ0) is 20.8.